The van der Waals surface area contributed by atoms with Crippen LogP contribution in [0.15, 0.2) is 48.5 Å². The first-order valence-corrected chi connectivity index (χ1v) is 11.3. The molecule has 0 aromatic heterocycles. The molecule has 5 nitrogen and oxygen atoms in total. The first-order chi connectivity index (χ1) is 15.0. The van der Waals surface area contributed by atoms with E-state index < -0.39 is 0 Å². The monoisotopic (exact) mass is 422 g/mol. The summed E-state index contributed by atoms with van der Waals surface area (Å²) in [5, 5.41) is 3.07. The fourth-order valence-corrected chi connectivity index (χ4v) is 3.78. The van der Waals surface area contributed by atoms with Gasteiger partial charge >= 0.3 is 0 Å². The molecule has 0 saturated carbocycles. The summed E-state index contributed by atoms with van der Waals surface area (Å²) in [6.45, 7) is 8.04. The molecular weight excluding hydrogens is 388 g/mol. The molecule has 2 aromatic rings. The van der Waals surface area contributed by atoms with Gasteiger partial charge in [-0.3, -0.25) is 9.59 Å². The molecular formula is C26H34N2O3. The van der Waals surface area contributed by atoms with Gasteiger partial charge in [-0.1, -0.05) is 55.3 Å². The Morgan fingerprint density at radius 1 is 1.16 bits per heavy atom. The van der Waals surface area contributed by atoms with Gasteiger partial charge < -0.3 is 15.0 Å². The average Bonchev–Trinajstić information content (AvgIpc) is 3.14. The lowest BCUT2D eigenvalue weighted by atomic mass is 10.0. The van der Waals surface area contributed by atoms with Gasteiger partial charge in [-0.05, 0) is 49.9 Å². The Balaban J connectivity index is 1.47. The van der Waals surface area contributed by atoms with Gasteiger partial charge in [-0.15, -0.1) is 0 Å². The summed E-state index contributed by atoms with van der Waals surface area (Å²) < 4.78 is 5.70. The van der Waals surface area contributed by atoms with Crippen LogP contribution < -0.4 is 10.1 Å². The number of likely N-dealkylation sites (tertiary alicyclic amines) is 1. The number of nitrogens with one attached hydrogen (secondary N) is 1. The zero-order valence-corrected chi connectivity index (χ0v) is 18.9. The highest BCUT2D eigenvalue weighted by atomic mass is 16.5. The van der Waals surface area contributed by atoms with Crippen molar-refractivity contribution in [1.82, 2.24) is 10.2 Å². The van der Waals surface area contributed by atoms with E-state index in [2.05, 4.69) is 43.4 Å². The Hall–Kier alpha value is -2.82. The number of unbranched alkanes of at least 4 members (excludes halogenated alkanes) is 1. The van der Waals surface area contributed by atoms with Crippen LogP contribution in [-0.2, 0) is 16.0 Å². The lowest BCUT2D eigenvalue weighted by Gasteiger charge is -2.19. The van der Waals surface area contributed by atoms with E-state index in [0.29, 0.717) is 13.1 Å². The average molecular weight is 423 g/mol. The Bertz CT molecular complexity index is 861. The van der Waals surface area contributed by atoms with E-state index in [0.717, 1.165) is 37.2 Å². The Morgan fingerprint density at radius 2 is 1.87 bits per heavy atom. The molecule has 5 heteroatoms. The minimum atomic E-state index is -0.287. The zero-order chi connectivity index (χ0) is 22.2. The summed E-state index contributed by atoms with van der Waals surface area (Å²) in [4.78, 5) is 27.0. The quantitative estimate of drug-likeness (QED) is 0.576. The second kappa shape index (κ2) is 11.0. The van der Waals surface area contributed by atoms with E-state index in [1.165, 1.54) is 11.1 Å². The van der Waals surface area contributed by atoms with Crippen molar-refractivity contribution in [2.45, 2.75) is 52.5 Å². The Labute approximate surface area is 185 Å². The van der Waals surface area contributed by atoms with Crippen LogP contribution in [-0.4, -0.2) is 36.4 Å². The minimum absolute atomic E-state index is 0.0537. The van der Waals surface area contributed by atoms with Crippen LogP contribution in [0.2, 0.25) is 0 Å². The molecule has 0 aliphatic carbocycles. The molecule has 0 bridgehead atoms. The maximum absolute atomic E-state index is 12.8. The number of amides is 2. The number of carbonyl (C=O) groups excluding carboxylic acids is 2. The summed E-state index contributed by atoms with van der Waals surface area (Å²) in [6, 6.07) is 16.1. The van der Waals surface area contributed by atoms with Crippen molar-refractivity contribution in [3.63, 3.8) is 0 Å². The third-order valence-electron chi connectivity index (χ3n) is 5.88. The maximum atomic E-state index is 12.8. The predicted molar refractivity (Wildman–Crippen MR) is 123 cm³/mol. The standard InChI is InChI=1S/C26H34N2O3/c1-4-5-16-31-24-12-10-22(11-13-24)20(3)27-26(30)23-17-25(29)28(18-23)15-14-21-8-6-19(2)7-9-21/h6-13,20,23H,4-5,14-18H2,1-3H3,(H,27,30)/t20-,23-/m0/s1. The molecule has 1 fully saturated rings. The molecule has 166 valence electrons. The number of aryl methyl sites for hydroxylation is 1. The number of rotatable bonds is 10. The van der Waals surface area contributed by atoms with Gasteiger partial charge in [0.15, 0.2) is 0 Å². The minimum Gasteiger partial charge on any atom is -0.494 e. The number of benzene rings is 2. The van der Waals surface area contributed by atoms with Crippen molar-refractivity contribution in [3.05, 3.63) is 65.2 Å². The molecule has 2 atom stereocenters. The number of ether oxygens (including phenoxy) is 1. The highest BCUT2D eigenvalue weighted by Crippen LogP contribution is 2.22. The third-order valence-corrected chi connectivity index (χ3v) is 5.88. The number of hydrogen-bond donors (Lipinski definition) is 1. The molecule has 2 amide bonds. The summed E-state index contributed by atoms with van der Waals surface area (Å²) in [5.41, 5.74) is 3.46. The molecule has 3 rings (SSSR count). The Morgan fingerprint density at radius 3 is 2.55 bits per heavy atom. The molecule has 31 heavy (non-hydrogen) atoms. The third kappa shape index (κ3) is 6.58. The van der Waals surface area contributed by atoms with E-state index >= 15 is 0 Å². The lowest BCUT2D eigenvalue weighted by Crippen LogP contribution is -2.35. The molecule has 0 spiro atoms. The second-order valence-corrected chi connectivity index (χ2v) is 8.48. The summed E-state index contributed by atoms with van der Waals surface area (Å²) in [6.07, 6.45) is 3.24. The van der Waals surface area contributed by atoms with Crippen molar-refractivity contribution in [2.75, 3.05) is 19.7 Å². The van der Waals surface area contributed by atoms with Crippen LogP contribution in [0.3, 0.4) is 0 Å². The smallest absolute Gasteiger partial charge is 0.225 e. The Kier molecular flexibility index (Phi) is 8.10. The van der Waals surface area contributed by atoms with Gasteiger partial charge in [0.05, 0.1) is 18.6 Å². The summed E-state index contributed by atoms with van der Waals surface area (Å²) in [5.74, 6) is 0.571. The topological polar surface area (TPSA) is 58.6 Å². The lowest BCUT2D eigenvalue weighted by molar-refractivity contribution is -0.129. The fourth-order valence-electron chi connectivity index (χ4n) is 3.78. The van der Waals surface area contributed by atoms with E-state index in [1.54, 1.807) is 0 Å². The summed E-state index contributed by atoms with van der Waals surface area (Å²) >= 11 is 0. The van der Waals surface area contributed by atoms with Gasteiger partial charge in [0, 0.05) is 19.5 Å². The van der Waals surface area contributed by atoms with Crippen LogP contribution >= 0.6 is 0 Å². The largest absolute Gasteiger partial charge is 0.494 e. The van der Waals surface area contributed by atoms with Gasteiger partial charge in [0.1, 0.15) is 5.75 Å². The number of hydrogen-bond acceptors (Lipinski definition) is 3. The van der Waals surface area contributed by atoms with Gasteiger partial charge in [-0.25, -0.2) is 0 Å². The summed E-state index contributed by atoms with van der Waals surface area (Å²) in [7, 11) is 0. The predicted octanol–water partition coefficient (Wildman–Crippen LogP) is 4.44. The second-order valence-electron chi connectivity index (χ2n) is 8.48. The highest BCUT2D eigenvalue weighted by molar-refractivity contribution is 5.89. The van der Waals surface area contributed by atoms with Gasteiger partial charge in [0.2, 0.25) is 11.8 Å². The molecule has 1 saturated heterocycles. The normalized spacial score (nSPS) is 16.9. The fraction of sp³-hybridized carbons (Fsp3) is 0.462. The molecule has 0 unspecified atom stereocenters. The highest BCUT2D eigenvalue weighted by Gasteiger charge is 2.34. The van der Waals surface area contributed by atoms with Crippen LogP contribution in [0.4, 0.5) is 0 Å². The van der Waals surface area contributed by atoms with E-state index in [4.69, 9.17) is 4.74 Å². The molecule has 1 heterocycles. The zero-order valence-electron chi connectivity index (χ0n) is 18.9. The van der Waals surface area contributed by atoms with Gasteiger partial charge in [-0.2, -0.15) is 0 Å². The maximum Gasteiger partial charge on any atom is 0.225 e. The van der Waals surface area contributed by atoms with Crippen molar-refractivity contribution >= 4 is 11.8 Å². The van der Waals surface area contributed by atoms with Crippen molar-refractivity contribution in [1.29, 1.82) is 0 Å². The first kappa shape index (κ1) is 22.9. The van der Waals surface area contributed by atoms with Crippen molar-refractivity contribution < 1.29 is 14.3 Å². The van der Waals surface area contributed by atoms with Crippen LogP contribution in [0, 0.1) is 12.8 Å². The van der Waals surface area contributed by atoms with Crippen molar-refractivity contribution in [2.24, 2.45) is 5.92 Å². The van der Waals surface area contributed by atoms with E-state index in [-0.39, 0.29) is 30.2 Å². The molecule has 1 aliphatic rings. The molecule has 1 aliphatic heterocycles. The number of carbonyl (C=O) groups is 2. The number of nitrogens with zero attached hydrogens (tertiary/aromatic N) is 1. The molecule has 2 aromatic carbocycles. The van der Waals surface area contributed by atoms with Crippen LogP contribution in [0.5, 0.6) is 5.75 Å². The van der Waals surface area contributed by atoms with Crippen molar-refractivity contribution in [3.8, 4) is 5.75 Å². The van der Waals surface area contributed by atoms with E-state index in [9.17, 15) is 9.59 Å². The van der Waals surface area contributed by atoms with E-state index in [1.807, 2.05) is 36.1 Å². The van der Waals surface area contributed by atoms with Gasteiger partial charge in [0.25, 0.3) is 0 Å². The van der Waals surface area contributed by atoms with Crippen LogP contribution in [0.1, 0.15) is 55.8 Å². The van der Waals surface area contributed by atoms with Crippen LogP contribution in [0.25, 0.3) is 0 Å². The molecule has 0 radical (unpaired) electrons. The molecule has 1 N–H and O–H groups in total. The SMILES string of the molecule is CCCCOc1ccc([C@H](C)NC(=O)[C@H]2CC(=O)N(CCc3ccc(C)cc3)C2)cc1. The first-order valence-electron chi connectivity index (χ1n) is 11.3.